The molecule has 0 aliphatic carbocycles. The third kappa shape index (κ3) is 3.97. The summed E-state index contributed by atoms with van der Waals surface area (Å²) in [6.07, 6.45) is 3.87. The Balaban J connectivity index is 1.77. The second kappa shape index (κ2) is 8.32. The number of nitrogens with two attached hydrogens (primary N) is 1. The molecule has 1 saturated heterocycles. The Morgan fingerprint density at radius 2 is 1.71 bits per heavy atom. The van der Waals surface area contributed by atoms with Crippen molar-refractivity contribution in [3.63, 3.8) is 0 Å². The first-order chi connectivity index (χ1) is 11.8. The smallest absolute Gasteiger partial charge is 0.124 e. The number of hydrogen-bond donors (Lipinski definition) is 1. The Bertz CT molecular complexity index is 650. The number of aryl methyl sites for hydroxylation is 1. The summed E-state index contributed by atoms with van der Waals surface area (Å²) in [6.45, 7) is 5.62. The van der Waals surface area contributed by atoms with Gasteiger partial charge in [0.05, 0.1) is 6.04 Å². The monoisotopic (exact) mass is 324 g/mol. The molecule has 3 heteroatoms. The van der Waals surface area contributed by atoms with Crippen molar-refractivity contribution in [2.75, 3.05) is 19.6 Å². The molecule has 1 atom stereocenters. The van der Waals surface area contributed by atoms with Crippen LogP contribution in [0.25, 0.3) is 0 Å². The van der Waals surface area contributed by atoms with Crippen LogP contribution in [0, 0.1) is 6.92 Å². The molecular weight excluding hydrogens is 296 g/mol. The van der Waals surface area contributed by atoms with Crippen LogP contribution in [0.2, 0.25) is 0 Å². The molecule has 2 aromatic rings. The van der Waals surface area contributed by atoms with Crippen LogP contribution in [-0.2, 0) is 6.61 Å². The molecule has 128 valence electrons. The van der Waals surface area contributed by atoms with Crippen LogP contribution in [0.15, 0.2) is 48.5 Å². The average molecular weight is 324 g/mol. The van der Waals surface area contributed by atoms with Gasteiger partial charge in [0.15, 0.2) is 0 Å². The van der Waals surface area contributed by atoms with Crippen molar-refractivity contribution in [1.82, 2.24) is 4.90 Å². The van der Waals surface area contributed by atoms with Crippen LogP contribution < -0.4 is 10.5 Å². The summed E-state index contributed by atoms with van der Waals surface area (Å²) in [7, 11) is 0. The predicted molar refractivity (Wildman–Crippen MR) is 99.2 cm³/mol. The van der Waals surface area contributed by atoms with Gasteiger partial charge in [-0.1, -0.05) is 48.9 Å². The first kappa shape index (κ1) is 17.0. The van der Waals surface area contributed by atoms with E-state index in [0.29, 0.717) is 13.2 Å². The third-order valence-electron chi connectivity index (χ3n) is 4.98. The molecule has 0 saturated carbocycles. The lowest BCUT2D eigenvalue weighted by Gasteiger charge is -2.34. The fraction of sp³-hybridized carbons (Fsp3) is 0.429. The van der Waals surface area contributed by atoms with Crippen LogP contribution in [0.5, 0.6) is 5.75 Å². The molecule has 3 nitrogen and oxygen atoms in total. The van der Waals surface area contributed by atoms with E-state index in [-0.39, 0.29) is 6.04 Å². The van der Waals surface area contributed by atoms with Gasteiger partial charge in [0.1, 0.15) is 12.4 Å². The van der Waals surface area contributed by atoms with Crippen LogP contribution in [0.3, 0.4) is 0 Å². The Morgan fingerprint density at radius 1 is 1.00 bits per heavy atom. The molecule has 0 spiro atoms. The summed E-state index contributed by atoms with van der Waals surface area (Å²) in [5, 5.41) is 0. The number of benzene rings is 2. The molecule has 0 aromatic heterocycles. The van der Waals surface area contributed by atoms with Gasteiger partial charge in [-0.15, -0.1) is 0 Å². The molecule has 0 amide bonds. The highest BCUT2D eigenvalue weighted by atomic mass is 16.5. The van der Waals surface area contributed by atoms with Gasteiger partial charge in [-0.3, -0.25) is 4.90 Å². The normalized spacial score (nSPS) is 16.8. The summed E-state index contributed by atoms with van der Waals surface area (Å²) >= 11 is 0. The standard InChI is InChI=1S/C21H28N2O/c1-17-9-3-4-10-18(17)16-24-21-12-6-5-11-19(21)20(15-22)23-13-7-2-8-14-23/h3-6,9-12,20H,2,7-8,13-16,22H2,1H3. The lowest BCUT2D eigenvalue weighted by molar-refractivity contribution is 0.163. The number of likely N-dealkylation sites (tertiary alicyclic amines) is 1. The van der Waals surface area contributed by atoms with Crippen molar-refractivity contribution < 1.29 is 4.74 Å². The zero-order valence-electron chi connectivity index (χ0n) is 14.6. The van der Waals surface area contributed by atoms with Gasteiger partial charge in [0, 0.05) is 12.1 Å². The van der Waals surface area contributed by atoms with Crippen molar-refractivity contribution >= 4 is 0 Å². The van der Waals surface area contributed by atoms with E-state index < -0.39 is 0 Å². The van der Waals surface area contributed by atoms with E-state index in [4.69, 9.17) is 10.5 Å². The van der Waals surface area contributed by atoms with Gasteiger partial charge in [0.25, 0.3) is 0 Å². The molecule has 24 heavy (non-hydrogen) atoms. The molecule has 1 heterocycles. The summed E-state index contributed by atoms with van der Waals surface area (Å²) in [5.41, 5.74) is 9.85. The lowest BCUT2D eigenvalue weighted by Crippen LogP contribution is -2.37. The Labute approximate surface area is 145 Å². The highest BCUT2D eigenvalue weighted by Gasteiger charge is 2.23. The Morgan fingerprint density at radius 3 is 2.46 bits per heavy atom. The Kier molecular flexibility index (Phi) is 5.89. The Hall–Kier alpha value is -1.84. The minimum atomic E-state index is 0.248. The third-order valence-corrected chi connectivity index (χ3v) is 4.98. The maximum Gasteiger partial charge on any atom is 0.124 e. The van der Waals surface area contributed by atoms with Crippen LogP contribution in [0.4, 0.5) is 0 Å². The van der Waals surface area contributed by atoms with Crippen LogP contribution in [-0.4, -0.2) is 24.5 Å². The largest absolute Gasteiger partial charge is 0.489 e. The van der Waals surface area contributed by atoms with Gasteiger partial charge in [-0.05, 0) is 50.0 Å². The fourth-order valence-electron chi connectivity index (χ4n) is 3.52. The molecule has 2 N–H and O–H groups in total. The second-order valence-corrected chi connectivity index (χ2v) is 6.60. The molecule has 0 radical (unpaired) electrons. The molecule has 0 bridgehead atoms. The minimum absolute atomic E-state index is 0.248. The molecule has 1 fully saturated rings. The van der Waals surface area contributed by atoms with E-state index >= 15 is 0 Å². The number of para-hydroxylation sites is 1. The molecular formula is C21H28N2O. The second-order valence-electron chi connectivity index (χ2n) is 6.60. The number of nitrogens with zero attached hydrogens (tertiary/aromatic N) is 1. The SMILES string of the molecule is Cc1ccccc1COc1ccccc1C(CN)N1CCCCC1. The van der Waals surface area contributed by atoms with Gasteiger partial charge in [-0.2, -0.15) is 0 Å². The quantitative estimate of drug-likeness (QED) is 0.871. The zero-order chi connectivity index (χ0) is 16.8. The van der Waals surface area contributed by atoms with Gasteiger partial charge in [-0.25, -0.2) is 0 Å². The van der Waals surface area contributed by atoms with Gasteiger partial charge >= 0.3 is 0 Å². The predicted octanol–water partition coefficient (Wildman–Crippen LogP) is 4.06. The molecule has 3 rings (SSSR count). The van der Waals surface area contributed by atoms with E-state index in [1.165, 1.54) is 36.0 Å². The maximum absolute atomic E-state index is 6.20. The topological polar surface area (TPSA) is 38.5 Å². The van der Waals surface area contributed by atoms with Crippen molar-refractivity contribution in [3.05, 3.63) is 65.2 Å². The van der Waals surface area contributed by atoms with E-state index in [1.807, 2.05) is 6.07 Å². The fourth-order valence-corrected chi connectivity index (χ4v) is 3.52. The number of rotatable bonds is 6. The summed E-state index contributed by atoms with van der Waals surface area (Å²) < 4.78 is 6.20. The highest BCUT2D eigenvalue weighted by molar-refractivity contribution is 5.37. The number of ether oxygens (including phenoxy) is 1. The van der Waals surface area contributed by atoms with E-state index in [2.05, 4.69) is 54.3 Å². The van der Waals surface area contributed by atoms with E-state index in [1.54, 1.807) is 0 Å². The zero-order valence-corrected chi connectivity index (χ0v) is 14.6. The van der Waals surface area contributed by atoms with Gasteiger partial charge in [0.2, 0.25) is 0 Å². The van der Waals surface area contributed by atoms with Crippen LogP contribution >= 0.6 is 0 Å². The minimum Gasteiger partial charge on any atom is -0.489 e. The first-order valence-corrected chi connectivity index (χ1v) is 9.00. The molecule has 1 unspecified atom stereocenters. The van der Waals surface area contributed by atoms with Crippen molar-refractivity contribution in [2.24, 2.45) is 5.73 Å². The van der Waals surface area contributed by atoms with Crippen molar-refractivity contribution in [2.45, 2.75) is 38.8 Å². The maximum atomic E-state index is 6.20. The van der Waals surface area contributed by atoms with E-state index in [9.17, 15) is 0 Å². The van der Waals surface area contributed by atoms with E-state index in [0.717, 1.165) is 18.8 Å². The van der Waals surface area contributed by atoms with Crippen molar-refractivity contribution in [1.29, 1.82) is 0 Å². The summed E-state index contributed by atoms with van der Waals surface area (Å²) in [6, 6.07) is 17.0. The summed E-state index contributed by atoms with van der Waals surface area (Å²) in [5.74, 6) is 0.960. The van der Waals surface area contributed by atoms with Crippen LogP contribution in [0.1, 0.15) is 42.0 Å². The molecule has 2 aromatic carbocycles. The number of hydrogen-bond acceptors (Lipinski definition) is 3. The van der Waals surface area contributed by atoms with Crippen molar-refractivity contribution in [3.8, 4) is 5.75 Å². The summed E-state index contributed by atoms with van der Waals surface area (Å²) in [4.78, 5) is 2.51. The molecule has 1 aliphatic rings. The molecule has 1 aliphatic heterocycles. The first-order valence-electron chi connectivity index (χ1n) is 9.00. The highest BCUT2D eigenvalue weighted by Crippen LogP contribution is 2.31. The lowest BCUT2D eigenvalue weighted by atomic mass is 10.0. The number of piperidine rings is 1. The average Bonchev–Trinajstić information content (AvgIpc) is 2.64. The van der Waals surface area contributed by atoms with Gasteiger partial charge < -0.3 is 10.5 Å².